The molecule has 1 saturated carbocycles. The first-order valence-corrected chi connectivity index (χ1v) is 7.74. The van der Waals surface area contributed by atoms with Gasteiger partial charge in [0.1, 0.15) is 5.02 Å². The summed E-state index contributed by atoms with van der Waals surface area (Å²) in [6, 6.07) is 6.74. The summed E-state index contributed by atoms with van der Waals surface area (Å²) >= 11 is 12.0. The van der Waals surface area contributed by atoms with Crippen molar-refractivity contribution in [1.82, 2.24) is 9.78 Å². The van der Waals surface area contributed by atoms with Crippen LogP contribution in [0.3, 0.4) is 0 Å². The summed E-state index contributed by atoms with van der Waals surface area (Å²) in [4.78, 5) is 12.3. The monoisotopic (exact) mass is 339 g/mol. The molecule has 116 valence electrons. The summed E-state index contributed by atoms with van der Waals surface area (Å²) in [5.74, 6) is 0. The average molecular weight is 340 g/mol. The van der Waals surface area contributed by atoms with Crippen molar-refractivity contribution in [1.29, 1.82) is 0 Å². The minimum atomic E-state index is -0.700. The first-order valence-electron chi connectivity index (χ1n) is 6.99. The van der Waals surface area contributed by atoms with Gasteiger partial charge in [0, 0.05) is 11.6 Å². The zero-order valence-corrected chi connectivity index (χ0v) is 13.2. The minimum Gasteiger partial charge on any atom is -0.388 e. The lowest BCUT2D eigenvalue weighted by molar-refractivity contribution is -0.0202. The molecule has 1 fully saturated rings. The summed E-state index contributed by atoms with van der Waals surface area (Å²) in [6.45, 7) is 0.360. The third-order valence-electron chi connectivity index (χ3n) is 3.88. The molecule has 7 heteroatoms. The number of nitrogens with one attached hydrogen (secondary N) is 1. The number of halogens is 2. The third-order valence-corrected chi connectivity index (χ3v) is 4.50. The zero-order chi connectivity index (χ0) is 15.7. The maximum atomic E-state index is 12.3. The van der Waals surface area contributed by atoms with E-state index in [9.17, 15) is 9.90 Å². The number of aliphatic hydroxyl groups is 1. The van der Waals surface area contributed by atoms with Crippen LogP contribution in [-0.4, -0.2) is 27.0 Å². The van der Waals surface area contributed by atoms with E-state index >= 15 is 0 Å². The number of aromatic nitrogens is 2. The standard InChI is InChI=1S/C15H15Cl2N3O2/c16-10-2-4-11(5-3-10)20-14(21)13(17)12(8-19-20)18-9-15(22)6-1-7-15/h2-5,8,18,22H,1,6-7,9H2. The van der Waals surface area contributed by atoms with E-state index in [-0.39, 0.29) is 5.02 Å². The molecule has 22 heavy (non-hydrogen) atoms. The number of hydrogen-bond acceptors (Lipinski definition) is 4. The van der Waals surface area contributed by atoms with Crippen LogP contribution < -0.4 is 10.9 Å². The maximum Gasteiger partial charge on any atom is 0.292 e. The molecular weight excluding hydrogens is 325 g/mol. The fourth-order valence-corrected chi connectivity index (χ4v) is 2.67. The van der Waals surface area contributed by atoms with Crippen molar-refractivity contribution < 1.29 is 5.11 Å². The highest BCUT2D eigenvalue weighted by Crippen LogP contribution is 2.32. The molecule has 2 aromatic rings. The Kier molecular flexibility index (Phi) is 4.12. The van der Waals surface area contributed by atoms with Crippen LogP contribution in [0.1, 0.15) is 19.3 Å². The van der Waals surface area contributed by atoms with E-state index in [4.69, 9.17) is 23.2 Å². The third kappa shape index (κ3) is 2.97. The first-order chi connectivity index (χ1) is 10.5. The molecule has 1 aromatic heterocycles. The Morgan fingerprint density at radius 1 is 1.27 bits per heavy atom. The molecule has 1 aromatic carbocycles. The van der Waals surface area contributed by atoms with E-state index in [1.165, 1.54) is 10.9 Å². The van der Waals surface area contributed by atoms with Gasteiger partial charge in [0.25, 0.3) is 5.56 Å². The Bertz CT molecular complexity index is 739. The van der Waals surface area contributed by atoms with Gasteiger partial charge >= 0.3 is 0 Å². The van der Waals surface area contributed by atoms with Gasteiger partial charge in [-0.3, -0.25) is 4.79 Å². The van der Waals surface area contributed by atoms with Gasteiger partial charge in [0.05, 0.1) is 23.2 Å². The highest BCUT2D eigenvalue weighted by Gasteiger charge is 2.34. The molecule has 2 N–H and O–H groups in total. The molecule has 0 bridgehead atoms. The van der Waals surface area contributed by atoms with Crippen LogP contribution in [-0.2, 0) is 0 Å². The number of nitrogens with zero attached hydrogens (tertiary/aromatic N) is 2. The van der Waals surface area contributed by atoms with Gasteiger partial charge in [0.15, 0.2) is 0 Å². The summed E-state index contributed by atoms with van der Waals surface area (Å²) in [5.41, 5.74) is -0.110. The second kappa shape index (κ2) is 5.91. The lowest BCUT2D eigenvalue weighted by Crippen LogP contribution is -2.43. The second-order valence-electron chi connectivity index (χ2n) is 5.50. The normalized spacial score (nSPS) is 16.1. The number of hydrogen-bond donors (Lipinski definition) is 2. The number of benzene rings is 1. The van der Waals surface area contributed by atoms with Gasteiger partial charge in [-0.05, 0) is 43.5 Å². The number of anilines is 1. The quantitative estimate of drug-likeness (QED) is 0.898. The Morgan fingerprint density at radius 2 is 1.95 bits per heavy atom. The van der Waals surface area contributed by atoms with Crippen molar-refractivity contribution in [3.8, 4) is 5.69 Å². The second-order valence-corrected chi connectivity index (χ2v) is 6.31. The summed E-state index contributed by atoms with van der Waals surface area (Å²) in [6.07, 6.45) is 4.02. The lowest BCUT2D eigenvalue weighted by atomic mass is 9.80. The Balaban J connectivity index is 1.85. The Hall–Kier alpha value is -1.56. The van der Waals surface area contributed by atoms with Crippen molar-refractivity contribution in [3.05, 3.63) is 50.9 Å². The van der Waals surface area contributed by atoms with Crippen LogP contribution in [0.25, 0.3) is 5.69 Å². The highest BCUT2D eigenvalue weighted by atomic mass is 35.5. The molecular formula is C15H15Cl2N3O2. The molecule has 0 saturated heterocycles. The van der Waals surface area contributed by atoms with E-state index < -0.39 is 11.2 Å². The van der Waals surface area contributed by atoms with Crippen LogP contribution in [0.4, 0.5) is 5.69 Å². The van der Waals surface area contributed by atoms with E-state index in [1.807, 2.05) is 0 Å². The molecule has 5 nitrogen and oxygen atoms in total. The predicted molar refractivity (Wildman–Crippen MR) is 87.1 cm³/mol. The maximum absolute atomic E-state index is 12.3. The van der Waals surface area contributed by atoms with Crippen LogP contribution >= 0.6 is 23.2 Å². The topological polar surface area (TPSA) is 67.2 Å². The van der Waals surface area contributed by atoms with E-state index in [1.54, 1.807) is 24.3 Å². The van der Waals surface area contributed by atoms with Crippen LogP contribution in [0.5, 0.6) is 0 Å². The molecule has 0 amide bonds. The smallest absolute Gasteiger partial charge is 0.292 e. The molecule has 0 aliphatic heterocycles. The summed E-state index contributed by atoms with van der Waals surface area (Å²) in [7, 11) is 0. The molecule has 0 unspecified atom stereocenters. The average Bonchev–Trinajstić information content (AvgIpc) is 2.48. The highest BCUT2D eigenvalue weighted by molar-refractivity contribution is 6.33. The van der Waals surface area contributed by atoms with Crippen LogP contribution in [0.2, 0.25) is 10.0 Å². The Labute approximate surface area is 137 Å². The van der Waals surface area contributed by atoms with Crippen molar-refractivity contribution in [2.24, 2.45) is 0 Å². The van der Waals surface area contributed by atoms with Crippen LogP contribution in [0.15, 0.2) is 35.3 Å². The van der Waals surface area contributed by atoms with Gasteiger partial charge in [-0.1, -0.05) is 23.2 Å². The SMILES string of the molecule is O=c1c(Cl)c(NCC2(O)CCC2)cnn1-c1ccc(Cl)cc1. The van der Waals surface area contributed by atoms with Gasteiger partial charge in [-0.2, -0.15) is 9.78 Å². The van der Waals surface area contributed by atoms with Gasteiger partial charge in [-0.25, -0.2) is 0 Å². The fourth-order valence-electron chi connectivity index (χ4n) is 2.34. The first kappa shape index (κ1) is 15.3. The Morgan fingerprint density at radius 3 is 2.55 bits per heavy atom. The van der Waals surface area contributed by atoms with E-state index in [0.717, 1.165) is 19.3 Å². The van der Waals surface area contributed by atoms with Crippen LogP contribution in [0, 0.1) is 0 Å². The summed E-state index contributed by atoms with van der Waals surface area (Å²) in [5, 5.41) is 17.8. The molecule has 3 rings (SSSR count). The van der Waals surface area contributed by atoms with E-state index in [0.29, 0.717) is 22.9 Å². The van der Waals surface area contributed by atoms with Crippen molar-refractivity contribution in [3.63, 3.8) is 0 Å². The van der Waals surface area contributed by atoms with E-state index in [2.05, 4.69) is 10.4 Å². The van der Waals surface area contributed by atoms with Gasteiger partial charge < -0.3 is 10.4 Å². The summed E-state index contributed by atoms with van der Waals surface area (Å²) < 4.78 is 1.21. The number of rotatable bonds is 4. The van der Waals surface area contributed by atoms with Crippen molar-refractivity contribution in [2.45, 2.75) is 24.9 Å². The molecule has 0 radical (unpaired) electrons. The van der Waals surface area contributed by atoms with Crippen molar-refractivity contribution in [2.75, 3.05) is 11.9 Å². The largest absolute Gasteiger partial charge is 0.388 e. The molecule has 1 aliphatic carbocycles. The van der Waals surface area contributed by atoms with Crippen molar-refractivity contribution >= 4 is 28.9 Å². The lowest BCUT2D eigenvalue weighted by Gasteiger charge is -2.36. The fraction of sp³-hybridized carbons (Fsp3) is 0.333. The zero-order valence-electron chi connectivity index (χ0n) is 11.7. The van der Waals surface area contributed by atoms with Gasteiger partial charge in [-0.15, -0.1) is 0 Å². The minimum absolute atomic E-state index is 0.0490. The van der Waals surface area contributed by atoms with Gasteiger partial charge in [0.2, 0.25) is 0 Å². The molecule has 1 heterocycles. The molecule has 1 aliphatic rings. The molecule has 0 atom stereocenters. The molecule has 0 spiro atoms. The predicted octanol–water partition coefficient (Wildman–Crippen LogP) is 2.87.